The molecule has 0 saturated heterocycles. The normalized spacial score (nSPS) is 16.3. The van der Waals surface area contributed by atoms with Crippen LogP contribution in [-0.2, 0) is 4.79 Å². The summed E-state index contributed by atoms with van der Waals surface area (Å²) >= 11 is 0. The maximum atomic E-state index is 13.5. The van der Waals surface area contributed by atoms with Crippen molar-refractivity contribution in [2.24, 2.45) is 0 Å². The van der Waals surface area contributed by atoms with E-state index >= 15 is 0 Å². The summed E-state index contributed by atoms with van der Waals surface area (Å²) < 4.78 is 15.1. The third-order valence-corrected chi connectivity index (χ3v) is 5.91. The van der Waals surface area contributed by atoms with Crippen LogP contribution in [0.3, 0.4) is 0 Å². The van der Waals surface area contributed by atoms with Gasteiger partial charge in [0.15, 0.2) is 5.69 Å². The van der Waals surface area contributed by atoms with E-state index in [2.05, 4.69) is 10.4 Å². The SMILES string of the molecule is CC(C)c1c(C(=O)NC2CCCC2)nn(-c2ccc(F)cc2)c1C=CC(O)CC(O)CC(=O)O. The van der Waals surface area contributed by atoms with E-state index in [-0.39, 0.29) is 30.0 Å². The summed E-state index contributed by atoms with van der Waals surface area (Å²) in [6, 6.07) is 5.81. The number of aliphatic carboxylic acids is 1. The first kappa shape index (κ1) is 25.6. The maximum Gasteiger partial charge on any atom is 0.305 e. The molecule has 3 rings (SSSR count). The summed E-state index contributed by atoms with van der Waals surface area (Å²) in [7, 11) is 0. The van der Waals surface area contributed by atoms with Gasteiger partial charge < -0.3 is 20.6 Å². The molecule has 1 aliphatic carbocycles. The van der Waals surface area contributed by atoms with Crippen LogP contribution in [-0.4, -0.2) is 55.2 Å². The largest absolute Gasteiger partial charge is 0.481 e. The fraction of sp³-hybridized carbons (Fsp3) is 0.480. The molecule has 184 valence electrons. The second-order valence-corrected chi connectivity index (χ2v) is 9.06. The highest BCUT2D eigenvalue weighted by molar-refractivity contribution is 5.95. The standard InChI is InChI=1S/C25H32FN3O5/c1-15(2)23-21(12-11-19(30)13-20(31)14-22(32)33)29(18-9-7-16(26)8-10-18)28-24(23)25(34)27-17-5-3-4-6-17/h7-12,15,17,19-20,30-31H,3-6,13-14H2,1-2H3,(H,27,34)(H,32,33). The minimum Gasteiger partial charge on any atom is -0.481 e. The highest BCUT2D eigenvalue weighted by atomic mass is 19.1. The first-order valence-corrected chi connectivity index (χ1v) is 11.6. The van der Waals surface area contributed by atoms with Crippen molar-refractivity contribution < 1.29 is 29.3 Å². The molecule has 0 spiro atoms. The van der Waals surface area contributed by atoms with Gasteiger partial charge in [-0.3, -0.25) is 9.59 Å². The van der Waals surface area contributed by atoms with Crippen LogP contribution in [0.5, 0.6) is 0 Å². The van der Waals surface area contributed by atoms with E-state index in [0.717, 1.165) is 25.7 Å². The molecule has 2 aromatic rings. The van der Waals surface area contributed by atoms with Crippen molar-refractivity contribution in [3.63, 3.8) is 0 Å². The zero-order chi connectivity index (χ0) is 24.8. The van der Waals surface area contributed by atoms with Crippen LogP contribution in [0.1, 0.15) is 80.0 Å². The van der Waals surface area contributed by atoms with Gasteiger partial charge in [-0.2, -0.15) is 5.10 Å². The average molecular weight is 474 g/mol. The summed E-state index contributed by atoms with van der Waals surface area (Å²) in [6.07, 6.45) is 4.12. The van der Waals surface area contributed by atoms with Crippen molar-refractivity contribution in [1.29, 1.82) is 0 Å². The lowest BCUT2D eigenvalue weighted by atomic mass is 9.98. The number of rotatable bonds is 10. The first-order valence-electron chi connectivity index (χ1n) is 11.6. The highest BCUT2D eigenvalue weighted by Gasteiger charge is 2.27. The van der Waals surface area contributed by atoms with Gasteiger partial charge in [0.25, 0.3) is 5.91 Å². The minimum atomic E-state index is -1.20. The molecular formula is C25H32FN3O5. The molecule has 1 aromatic heterocycles. The smallest absolute Gasteiger partial charge is 0.305 e. The Hall–Kier alpha value is -3.04. The molecule has 4 N–H and O–H groups in total. The number of aliphatic hydroxyl groups excluding tert-OH is 2. The zero-order valence-electron chi connectivity index (χ0n) is 19.4. The van der Waals surface area contributed by atoms with Crippen molar-refractivity contribution in [3.05, 3.63) is 53.1 Å². The van der Waals surface area contributed by atoms with Gasteiger partial charge in [0.2, 0.25) is 0 Å². The van der Waals surface area contributed by atoms with Crippen LogP contribution in [0.25, 0.3) is 11.8 Å². The number of aromatic nitrogens is 2. The predicted molar refractivity (Wildman–Crippen MR) is 125 cm³/mol. The fourth-order valence-electron chi connectivity index (χ4n) is 4.29. The third-order valence-electron chi connectivity index (χ3n) is 5.91. The van der Waals surface area contributed by atoms with E-state index in [4.69, 9.17) is 5.11 Å². The van der Waals surface area contributed by atoms with Crippen molar-refractivity contribution in [2.75, 3.05) is 0 Å². The molecule has 0 aliphatic heterocycles. The lowest BCUT2D eigenvalue weighted by Gasteiger charge is -2.13. The van der Waals surface area contributed by atoms with Crippen molar-refractivity contribution >= 4 is 18.0 Å². The van der Waals surface area contributed by atoms with Gasteiger partial charge in [0, 0.05) is 18.0 Å². The van der Waals surface area contributed by atoms with Gasteiger partial charge in [0.1, 0.15) is 5.82 Å². The number of carbonyl (C=O) groups excluding carboxylic acids is 1. The van der Waals surface area contributed by atoms with Crippen molar-refractivity contribution in [2.45, 2.75) is 76.5 Å². The zero-order valence-corrected chi connectivity index (χ0v) is 19.4. The van der Waals surface area contributed by atoms with Crippen LogP contribution in [0.2, 0.25) is 0 Å². The summed E-state index contributed by atoms with van der Waals surface area (Å²) in [4.78, 5) is 23.9. The Morgan fingerprint density at radius 2 is 1.85 bits per heavy atom. The fourth-order valence-corrected chi connectivity index (χ4v) is 4.29. The lowest BCUT2D eigenvalue weighted by Crippen LogP contribution is -2.33. The topological polar surface area (TPSA) is 125 Å². The van der Waals surface area contributed by atoms with Gasteiger partial charge >= 0.3 is 5.97 Å². The molecule has 1 aliphatic rings. The van der Waals surface area contributed by atoms with Gasteiger partial charge in [-0.05, 0) is 49.1 Å². The van der Waals surface area contributed by atoms with Gasteiger partial charge in [0.05, 0.1) is 30.0 Å². The number of carbonyl (C=O) groups is 2. The Labute approximate surface area is 198 Å². The molecule has 1 fully saturated rings. The average Bonchev–Trinajstić information content (AvgIpc) is 3.39. The Balaban J connectivity index is 1.98. The maximum absolute atomic E-state index is 13.5. The number of nitrogens with one attached hydrogen (secondary N) is 1. The van der Waals surface area contributed by atoms with E-state index in [9.17, 15) is 24.2 Å². The summed E-state index contributed by atoms with van der Waals surface area (Å²) in [5.74, 6) is -1.92. The summed E-state index contributed by atoms with van der Waals surface area (Å²) in [5, 5.41) is 36.6. The number of carboxylic acids is 1. The molecule has 1 amide bonds. The van der Waals surface area contributed by atoms with Gasteiger partial charge in [-0.15, -0.1) is 0 Å². The Kier molecular flexibility index (Phi) is 8.57. The molecular weight excluding hydrogens is 441 g/mol. The number of amides is 1. The molecule has 2 unspecified atom stereocenters. The van der Waals surface area contributed by atoms with Crippen LogP contribution in [0, 0.1) is 5.82 Å². The molecule has 2 atom stereocenters. The van der Waals surface area contributed by atoms with E-state index in [0.29, 0.717) is 16.9 Å². The van der Waals surface area contributed by atoms with Crippen LogP contribution in [0.4, 0.5) is 4.39 Å². The van der Waals surface area contributed by atoms with E-state index in [1.165, 1.54) is 22.9 Å². The first-order chi connectivity index (χ1) is 16.2. The molecule has 0 radical (unpaired) electrons. The Morgan fingerprint density at radius 3 is 2.44 bits per heavy atom. The van der Waals surface area contributed by atoms with E-state index < -0.39 is 30.4 Å². The Morgan fingerprint density at radius 1 is 1.21 bits per heavy atom. The minimum absolute atomic E-state index is 0.0899. The molecule has 1 saturated carbocycles. The van der Waals surface area contributed by atoms with Gasteiger partial charge in [-0.1, -0.05) is 32.8 Å². The second-order valence-electron chi connectivity index (χ2n) is 9.06. The van der Waals surface area contributed by atoms with Crippen LogP contribution >= 0.6 is 0 Å². The predicted octanol–water partition coefficient (Wildman–Crippen LogP) is 3.41. The highest BCUT2D eigenvalue weighted by Crippen LogP contribution is 2.29. The number of aliphatic hydroxyl groups is 2. The van der Waals surface area contributed by atoms with E-state index in [1.54, 1.807) is 18.2 Å². The summed E-state index contributed by atoms with van der Waals surface area (Å²) in [5.41, 5.74) is 2.04. The molecule has 0 bridgehead atoms. The summed E-state index contributed by atoms with van der Waals surface area (Å²) in [6.45, 7) is 3.87. The van der Waals surface area contributed by atoms with E-state index in [1.807, 2.05) is 13.8 Å². The molecule has 1 heterocycles. The van der Waals surface area contributed by atoms with Gasteiger partial charge in [-0.25, -0.2) is 9.07 Å². The monoisotopic (exact) mass is 473 g/mol. The quantitative estimate of drug-likeness (QED) is 0.419. The number of hydrogen-bond donors (Lipinski definition) is 4. The molecule has 9 heteroatoms. The molecule has 8 nitrogen and oxygen atoms in total. The van der Waals surface area contributed by atoms with Crippen molar-refractivity contribution in [1.82, 2.24) is 15.1 Å². The number of halogens is 1. The molecule has 1 aromatic carbocycles. The third kappa shape index (κ3) is 6.51. The number of nitrogens with zero attached hydrogens (tertiary/aromatic N) is 2. The molecule has 34 heavy (non-hydrogen) atoms. The number of hydrogen-bond acceptors (Lipinski definition) is 5. The second kappa shape index (κ2) is 11.4. The van der Waals surface area contributed by atoms with Crippen LogP contribution < -0.4 is 5.32 Å². The number of carboxylic acid groups (broad SMARTS) is 1. The number of benzene rings is 1. The van der Waals surface area contributed by atoms with Crippen LogP contribution in [0.15, 0.2) is 30.3 Å². The Bertz CT molecular complexity index is 1030. The van der Waals surface area contributed by atoms with Crippen molar-refractivity contribution in [3.8, 4) is 5.69 Å². The lowest BCUT2D eigenvalue weighted by molar-refractivity contribution is -0.139.